The second kappa shape index (κ2) is 6.17. The van der Waals surface area contributed by atoms with Crippen LogP contribution in [0.25, 0.3) is 5.69 Å². The number of allylic oxidation sites excluding steroid dienone is 2. The van der Waals surface area contributed by atoms with Gasteiger partial charge in [-0.3, -0.25) is 9.59 Å². The first-order valence-corrected chi connectivity index (χ1v) is 10.9. The maximum absolute atomic E-state index is 13.1. The van der Waals surface area contributed by atoms with Crippen molar-refractivity contribution >= 4 is 29.6 Å². The third-order valence-corrected chi connectivity index (χ3v) is 7.72. The molecule has 152 valence electrons. The largest absolute Gasteiger partial charge is 0.318 e. The van der Waals surface area contributed by atoms with Crippen LogP contribution in [0.2, 0.25) is 5.02 Å². The van der Waals surface area contributed by atoms with Gasteiger partial charge >= 0.3 is 0 Å². The van der Waals surface area contributed by atoms with E-state index >= 15 is 0 Å². The minimum absolute atomic E-state index is 0.130. The third-order valence-electron chi connectivity index (χ3n) is 7.49. The number of imide groups is 1. The van der Waals surface area contributed by atoms with E-state index < -0.39 is 0 Å². The number of halogens is 1. The lowest BCUT2D eigenvalue weighted by Gasteiger charge is -2.37. The van der Waals surface area contributed by atoms with E-state index in [4.69, 9.17) is 11.6 Å². The molecule has 0 unspecified atom stereocenters. The first-order chi connectivity index (χ1) is 14.5. The Balaban J connectivity index is 1.31. The maximum atomic E-state index is 13.1. The van der Waals surface area contributed by atoms with Gasteiger partial charge in [-0.15, -0.1) is 0 Å². The highest BCUT2D eigenvalue weighted by Crippen LogP contribution is 2.65. The van der Waals surface area contributed by atoms with Crippen molar-refractivity contribution in [2.24, 2.45) is 40.6 Å². The van der Waals surface area contributed by atoms with Crippen molar-refractivity contribution < 1.29 is 9.59 Å². The van der Waals surface area contributed by atoms with Crippen LogP contribution in [0.15, 0.2) is 47.6 Å². The van der Waals surface area contributed by atoms with E-state index in [0.717, 1.165) is 34.1 Å². The minimum Gasteiger partial charge on any atom is -0.318 e. The van der Waals surface area contributed by atoms with Gasteiger partial charge in [-0.1, -0.05) is 29.8 Å². The molecule has 2 bridgehead atoms. The SMILES string of the molecule is Cc1cc(/C=N\N2C(=O)[C@@H]3[C@H]4C=C[C@@H]([C@@H]5C[C@H]45)[C@@H]3C2=O)c(C)n1-c1cccc(Cl)c1. The number of nitrogens with zero attached hydrogens (tertiary/aromatic N) is 3. The normalized spacial score (nSPS) is 33.5. The molecule has 4 aliphatic carbocycles. The fourth-order valence-electron chi connectivity index (χ4n) is 6.11. The molecule has 0 radical (unpaired) electrons. The summed E-state index contributed by atoms with van der Waals surface area (Å²) in [4.78, 5) is 26.2. The summed E-state index contributed by atoms with van der Waals surface area (Å²) < 4.78 is 2.10. The Bertz CT molecular complexity index is 1130. The number of hydrogen-bond donors (Lipinski definition) is 0. The molecule has 2 saturated carbocycles. The van der Waals surface area contributed by atoms with Gasteiger partial charge in [0.1, 0.15) is 0 Å². The molecule has 2 amide bonds. The van der Waals surface area contributed by atoms with Crippen molar-refractivity contribution in [1.29, 1.82) is 0 Å². The molecule has 6 heteroatoms. The summed E-state index contributed by atoms with van der Waals surface area (Å²) in [6.45, 7) is 4.02. The van der Waals surface area contributed by atoms with Crippen molar-refractivity contribution in [3.05, 3.63) is 64.5 Å². The number of amides is 2. The molecule has 6 atom stereocenters. The Morgan fingerprint density at radius 1 is 1.03 bits per heavy atom. The smallest absolute Gasteiger partial charge is 0.254 e. The summed E-state index contributed by atoms with van der Waals surface area (Å²) in [7, 11) is 0. The van der Waals surface area contributed by atoms with Crippen molar-refractivity contribution in [2.45, 2.75) is 20.3 Å². The van der Waals surface area contributed by atoms with Gasteiger partial charge < -0.3 is 4.57 Å². The molecule has 5 aliphatic rings. The van der Waals surface area contributed by atoms with Crippen LogP contribution in [0.3, 0.4) is 0 Å². The van der Waals surface area contributed by atoms with Crippen molar-refractivity contribution in [1.82, 2.24) is 9.58 Å². The molecule has 3 fully saturated rings. The van der Waals surface area contributed by atoms with Gasteiger partial charge in [-0.05, 0) is 68.2 Å². The Morgan fingerprint density at radius 3 is 2.33 bits per heavy atom. The van der Waals surface area contributed by atoms with Gasteiger partial charge in [0.25, 0.3) is 11.8 Å². The molecule has 1 aromatic carbocycles. The minimum atomic E-state index is -0.215. The zero-order chi connectivity index (χ0) is 20.7. The van der Waals surface area contributed by atoms with Crippen LogP contribution in [0, 0.1) is 49.4 Å². The molecule has 30 heavy (non-hydrogen) atoms. The van der Waals surface area contributed by atoms with Crippen molar-refractivity contribution in [2.75, 3.05) is 0 Å². The molecule has 1 aliphatic heterocycles. The van der Waals surface area contributed by atoms with E-state index in [0.29, 0.717) is 16.9 Å². The molecule has 0 N–H and O–H groups in total. The third kappa shape index (κ3) is 2.38. The number of benzene rings is 1. The van der Waals surface area contributed by atoms with E-state index in [2.05, 4.69) is 21.8 Å². The monoisotopic (exact) mass is 419 g/mol. The number of rotatable bonds is 3. The highest BCUT2D eigenvalue weighted by atomic mass is 35.5. The quantitative estimate of drug-likeness (QED) is 0.426. The van der Waals surface area contributed by atoms with Crippen LogP contribution < -0.4 is 0 Å². The Hall–Kier alpha value is -2.66. The average Bonchev–Trinajstić information content (AvgIpc) is 3.45. The Kier molecular flexibility index (Phi) is 3.73. The highest BCUT2D eigenvalue weighted by molar-refractivity contribution is 6.30. The standard InChI is InChI=1S/C24H22ClN3O2/c1-12-8-14(13(2)27(12)16-5-3-4-15(25)9-16)11-26-28-23(29)21-17-6-7-18(20-10-19(17)20)22(21)24(28)30/h3-9,11,17-22H,10H2,1-2H3/b26-11-/t17-,18-,19-,20+,21-,22+/m0/s1. The Morgan fingerprint density at radius 2 is 1.70 bits per heavy atom. The van der Waals surface area contributed by atoms with E-state index in [-0.39, 0.29) is 35.5 Å². The van der Waals surface area contributed by atoms with Crippen LogP contribution in [0.1, 0.15) is 23.4 Å². The van der Waals surface area contributed by atoms with Crippen LogP contribution in [0.4, 0.5) is 0 Å². The van der Waals surface area contributed by atoms with Gasteiger partial charge in [0.2, 0.25) is 0 Å². The molecule has 5 nitrogen and oxygen atoms in total. The first-order valence-electron chi connectivity index (χ1n) is 10.5. The zero-order valence-electron chi connectivity index (χ0n) is 16.8. The fourth-order valence-corrected chi connectivity index (χ4v) is 6.29. The molecule has 1 aromatic heterocycles. The van der Waals surface area contributed by atoms with Gasteiger partial charge in [0, 0.05) is 27.7 Å². The lowest BCUT2D eigenvalue weighted by atomic mass is 9.63. The molecule has 7 rings (SSSR count). The topological polar surface area (TPSA) is 54.7 Å². The van der Waals surface area contributed by atoms with Gasteiger partial charge in [-0.25, -0.2) is 0 Å². The summed E-state index contributed by atoms with van der Waals surface area (Å²) in [6.07, 6.45) is 7.16. The molecule has 2 aromatic rings. The zero-order valence-corrected chi connectivity index (χ0v) is 17.6. The summed E-state index contributed by atoms with van der Waals surface area (Å²) >= 11 is 6.16. The second-order valence-corrected chi connectivity index (χ2v) is 9.47. The van der Waals surface area contributed by atoms with Gasteiger partial charge in [-0.2, -0.15) is 10.1 Å². The second-order valence-electron chi connectivity index (χ2n) is 9.03. The number of aromatic nitrogens is 1. The lowest BCUT2D eigenvalue weighted by molar-refractivity contribution is -0.140. The van der Waals surface area contributed by atoms with Gasteiger partial charge in [0.15, 0.2) is 0 Å². The van der Waals surface area contributed by atoms with Crippen molar-refractivity contribution in [3.8, 4) is 5.69 Å². The average molecular weight is 420 g/mol. The number of hydrazone groups is 1. The van der Waals surface area contributed by atoms with Gasteiger partial charge in [0.05, 0.1) is 18.1 Å². The molecular formula is C24H22ClN3O2. The summed E-state index contributed by atoms with van der Waals surface area (Å²) in [5.74, 6) is 0.935. The van der Waals surface area contributed by atoms with E-state index in [1.807, 2.05) is 44.2 Å². The van der Waals surface area contributed by atoms with Crippen LogP contribution >= 0.6 is 11.6 Å². The molecular weight excluding hydrogens is 398 g/mol. The summed E-state index contributed by atoms with van der Waals surface area (Å²) in [5, 5.41) is 6.20. The van der Waals surface area contributed by atoms with E-state index in [1.54, 1.807) is 6.21 Å². The van der Waals surface area contributed by atoms with Crippen LogP contribution in [-0.2, 0) is 9.59 Å². The van der Waals surface area contributed by atoms with Crippen LogP contribution in [0.5, 0.6) is 0 Å². The van der Waals surface area contributed by atoms with Crippen LogP contribution in [-0.4, -0.2) is 27.6 Å². The lowest BCUT2D eigenvalue weighted by Crippen LogP contribution is -2.40. The number of carbonyl (C=O) groups excluding carboxylic acids is 2. The number of carbonyl (C=O) groups is 2. The first kappa shape index (κ1) is 18.1. The predicted octanol–water partition coefficient (Wildman–Crippen LogP) is 4.13. The van der Waals surface area contributed by atoms with E-state index in [1.165, 1.54) is 0 Å². The number of hydrogen-bond acceptors (Lipinski definition) is 3. The molecule has 2 heterocycles. The van der Waals surface area contributed by atoms with E-state index in [9.17, 15) is 9.59 Å². The fraction of sp³-hybridized carbons (Fsp3) is 0.375. The summed E-state index contributed by atoms with van der Waals surface area (Å²) in [5.41, 5.74) is 3.87. The highest BCUT2D eigenvalue weighted by Gasteiger charge is 2.67. The predicted molar refractivity (Wildman–Crippen MR) is 114 cm³/mol. The number of aryl methyl sites for hydroxylation is 1. The molecule has 1 saturated heterocycles. The Labute approximate surface area is 180 Å². The maximum Gasteiger partial charge on any atom is 0.254 e. The van der Waals surface area contributed by atoms with Crippen molar-refractivity contribution in [3.63, 3.8) is 0 Å². The summed E-state index contributed by atoms with van der Waals surface area (Å²) in [6, 6.07) is 9.68. The molecule has 0 spiro atoms.